The number of nitrogens with two attached hydrogens (primary N) is 1. The van der Waals surface area contributed by atoms with Crippen molar-refractivity contribution < 1.29 is 35.9 Å². The zero-order chi connectivity index (χ0) is 20.4. The van der Waals surface area contributed by atoms with E-state index in [1.807, 2.05) is 15.9 Å². The normalized spacial score (nSPS) is 12.0. The molecule has 2 rings (SSSR count). The fraction of sp³-hybridized carbons (Fsp3) is 0.231. The number of alkyl halides is 6. The fourth-order valence-corrected chi connectivity index (χ4v) is 1.85. The predicted octanol–water partition coefficient (Wildman–Crippen LogP) is 2.81. The van der Waals surface area contributed by atoms with Crippen LogP contribution >= 0.6 is 15.9 Å². The quantitative estimate of drug-likeness (QED) is 0.243. The SMILES string of the molecule is NN(C(=O)C(F)(F)Br)c1cnc(-c2cnc(OCC(F)(F)F)c(F)c2)cn1. The minimum atomic E-state index is -4.66. The highest BCUT2D eigenvalue weighted by Crippen LogP contribution is 2.26. The number of hydrazine groups is 1. The van der Waals surface area contributed by atoms with Crippen LogP contribution in [0.2, 0.25) is 0 Å². The lowest BCUT2D eigenvalue weighted by Crippen LogP contribution is -2.45. The summed E-state index contributed by atoms with van der Waals surface area (Å²) >= 11 is 1.85. The average Bonchev–Trinajstić information content (AvgIpc) is 2.58. The molecule has 0 atom stereocenters. The molecule has 0 fully saturated rings. The van der Waals surface area contributed by atoms with E-state index in [1.165, 1.54) is 0 Å². The van der Waals surface area contributed by atoms with Gasteiger partial charge in [-0.15, -0.1) is 0 Å². The first kappa shape index (κ1) is 20.8. The maximum absolute atomic E-state index is 13.8. The second-order valence-corrected chi connectivity index (χ2v) is 5.84. The molecule has 2 heterocycles. The number of pyridine rings is 1. The van der Waals surface area contributed by atoms with Crippen LogP contribution in [0.1, 0.15) is 0 Å². The van der Waals surface area contributed by atoms with Crippen molar-refractivity contribution in [2.75, 3.05) is 11.6 Å². The van der Waals surface area contributed by atoms with Crippen molar-refractivity contribution >= 4 is 27.7 Å². The Morgan fingerprint density at radius 2 is 1.81 bits per heavy atom. The van der Waals surface area contributed by atoms with Crippen molar-refractivity contribution in [1.29, 1.82) is 0 Å². The molecule has 0 radical (unpaired) electrons. The first-order chi connectivity index (χ1) is 12.4. The van der Waals surface area contributed by atoms with Crippen molar-refractivity contribution in [1.82, 2.24) is 15.0 Å². The van der Waals surface area contributed by atoms with Crippen molar-refractivity contribution in [3.63, 3.8) is 0 Å². The van der Waals surface area contributed by atoms with Gasteiger partial charge in [0.25, 0.3) is 5.88 Å². The van der Waals surface area contributed by atoms with Crippen LogP contribution in [-0.2, 0) is 4.79 Å². The largest absolute Gasteiger partial charge is 0.466 e. The van der Waals surface area contributed by atoms with Gasteiger partial charge in [-0.2, -0.15) is 22.0 Å². The highest BCUT2D eigenvalue weighted by atomic mass is 79.9. The van der Waals surface area contributed by atoms with Crippen molar-refractivity contribution in [2.24, 2.45) is 5.84 Å². The number of hydrogen-bond donors (Lipinski definition) is 1. The van der Waals surface area contributed by atoms with Crippen LogP contribution in [0, 0.1) is 5.82 Å². The second-order valence-electron chi connectivity index (χ2n) is 4.85. The third-order valence-electron chi connectivity index (χ3n) is 2.82. The first-order valence-electron chi connectivity index (χ1n) is 6.72. The van der Waals surface area contributed by atoms with E-state index in [0.717, 1.165) is 24.7 Å². The molecule has 0 aliphatic rings. The smallest absolute Gasteiger partial charge is 0.422 e. The Hall–Kier alpha value is -2.48. The van der Waals surface area contributed by atoms with Gasteiger partial charge >= 0.3 is 16.9 Å². The number of amides is 1. The number of carbonyl (C=O) groups is 1. The Balaban J connectivity index is 2.17. The highest BCUT2D eigenvalue weighted by molar-refractivity contribution is 9.10. The number of carbonyl (C=O) groups excluding carboxylic acids is 1. The Kier molecular flexibility index (Phi) is 5.89. The number of anilines is 1. The van der Waals surface area contributed by atoms with E-state index in [-0.39, 0.29) is 16.3 Å². The summed E-state index contributed by atoms with van der Waals surface area (Å²) in [6.07, 6.45) is -1.86. The molecule has 0 bridgehead atoms. The Labute approximate surface area is 155 Å². The molecule has 0 spiro atoms. The third-order valence-corrected chi connectivity index (χ3v) is 3.16. The molecule has 0 aromatic carbocycles. The van der Waals surface area contributed by atoms with E-state index in [1.54, 1.807) is 0 Å². The van der Waals surface area contributed by atoms with Gasteiger partial charge < -0.3 is 4.74 Å². The Morgan fingerprint density at radius 1 is 1.15 bits per heavy atom. The first-order valence-corrected chi connectivity index (χ1v) is 7.51. The van der Waals surface area contributed by atoms with E-state index in [9.17, 15) is 31.1 Å². The molecule has 2 aromatic rings. The molecular weight excluding hydrogens is 452 g/mol. The van der Waals surface area contributed by atoms with Crippen LogP contribution in [-0.4, -0.2) is 38.5 Å². The van der Waals surface area contributed by atoms with E-state index in [0.29, 0.717) is 0 Å². The number of nitrogens with zero attached hydrogens (tertiary/aromatic N) is 4. The molecule has 0 saturated carbocycles. The van der Waals surface area contributed by atoms with Gasteiger partial charge in [0.15, 0.2) is 18.2 Å². The molecule has 2 aromatic heterocycles. The van der Waals surface area contributed by atoms with Gasteiger partial charge in [0.2, 0.25) is 0 Å². The van der Waals surface area contributed by atoms with Gasteiger partial charge in [-0.1, -0.05) is 0 Å². The van der Waals surface area contributed by atoms with E-state index < -0.39 is 41.0 Å². The van der Waals surface area contributed by atoms with Crippen LogP contribution < -0.4 is 15.6 Å². The lowest BCUT2D eigenvalue weighted by molar-refractivity contribution is -0.154. The molecule has 2 N–H and O–H groups in total. The van der Waals surface area contributed by atoms with Crippen LogP contribution in [0.15, 0.2) is 24.7 Å². The standard InChI is InChI=1S/C13H8BrF6N5O2/c14-13(19,20)11(26)25(21)9-4-22-8(3-23-9)6-1-7(15)10(24-2-6)27-5-12(16,17)18/h1-4H,5,21H2. The average molecular weight is 460 g/mol. The molecule has 7 nitrogen and oxygen atoms in total. The summed E-state index contributed by atoms with van der Waals surface area (Å²) in [5.74, 6) is 0.939. The van der Waals surface area contributed by atoms with Crippen LogP contribution in [0.25, 0.3) is 11.3 Å². The van der Waals surface area contributed by atoms with Gasteiger partial charge in [0, 0.05) is 27.7 Å². The summed E-state index contributed by atoms with van der Waals surface area (Å²) in [5, 5.41) is 0.0540. The number of halogens is 7. The molecule has 1 amide bonds. The molecule has 27 heavy (non-hydrogen) atoms. The van der Waals surface area contributed by atoms with E-state index in [2.05, 4.69) is 19.7 Å². The molecule has 146 valence electrons. The summed E-state index contributed by atoms with van der Waals surface area (Å²) in [6, 6.07) is 0.792. The lowest BCUT2D eigenvalue weighted by Gasteiger charge is -2.17. The molecule has 0 saturated heterocycles. The van der Waals surface area contributed by atoms with E-state index >= 15 is 0 Å². The van der Waals surface area contributed by atoms with Crippen LogP contribution in [0.5, 0.6) is 5.88 Å². The number of aromatic nitrogens is 3. The van der Waals surface area contributed by atoms with Gasteiger partial charge in [-0.3, -0.25) is 9.78 Å². The number of rotatable bonds is 5. The summed E-state index contributed by atoms with van der Waals surface area (Å²) in [7, 11) is 0. The highest BCUT2D eigenvalue weighted by Gasteiger charge is 2.39. The summed E-state index contributed by atoms with van der Waals surface area (Å²) in [4.78, 5) is 18.2. The minimum Gasteiger partial charge on any atom is -0.466 e. The van der Waals surface area contributed by atoms with Crippen molar-refractivity contribution in [3.05, 3.63) is 30.5 Å². The molecular formula is C13H8BrF6N5O2. The Morgan fingerprint density at radius 3 is 2.30 bits per heavy atom. The molecule has 0 aliphatic carbocycles. The number of ether oxygens (including phenoxy) is 1. The van der Waals surface area contributed by atoms with Gasteiger partial charge in [-0.25, -0.2) is 25.2 Å². The second kappa shape index (κ2) is 7.64. The number of hydrogen-bond acceptors (Lipinski definition) is 6. The lowest BCUT2D eigenvalue weighted by atomic mass is 10.2. The minimum absolute atomic E-state index is 0.00614. The van der Waals surface area contributed by atoms with Gasteiger partial charge in [0.05, 0.1) is 18.1 Å². The van der Waals surface area contributed by atoms with Gasteiger partial charge in [-0.05, 0) is 6.07 Å². The third kappa shape index (κ3) is 5.50. The maximum Gasteiger partial charge on any atom is 0.422 e. The monoisotopic (exact) mass is 459 g/mol. The van der Waals surface area contributed by atoms with Crippen molar-refractivity contribution in [2.45, 2.75) is 11.0 Å². The molecule has 0 aliphatic heterocycles. The maximum atomic E-state index is 13.8. The summed E-state index contributed by atoms with van der Waals surface area (Å²) < 4.78 is 80.0. The molecule has 0 unspecified atom stereocenters. The predicted molar refractivity (Wildman–Crippen MR) is 82.3 cm³/mol. The summed E-state index contributed by atoms with van der Waals surface area (Å²) in [5.41, 5.74) is -0.00870. The summed E-state index contributed by atoms with van der Waals surface area (Å²) in [6.45, 7) is -1.72. The fourth-order valence-electron chi connectivity index (χ4n) is 1.66. The van der Waals surface area contributed by atoms with Crippen molar-refractivity contribution in [3.8, 4) is 17.1 Å². The van der Waals surface area contributed by atoms with Crippen LogP contribution in [0.3, 0.4) is 0 Å². The molecule has 14 heteroatoms. The van der Waals surface area contributed by atoms with Gasteiger partial charge in [0.1, 0.15) is 0 Å². The topological polar surface area (TPSA) is 94.2 Å². The zero-order valence-corrected chi connectivity index (χ0v) is 14.4. The van der Waals surface area contributed by atoms with Crippen LogP contribution in [0.4, 0.5) is 32.2 Å². The Bertz CT molecular complexity index is 827. The zero-order valence-electron chi connectivity index (χ0n) is 12.8. The van der Waals surface area contributed by atoms with E-state index in [4.69, 9.17) is 5.84 Å².